The molecule has 0 aliphatic rings. The summed E-state index contributed by atoms with van der Waals surface area (Å²) in [5.41, 5.74) is 1.92. The van der Waals surface area contributed by atoms with Crippen molar-refractivity contribution >= 4 is 40.6 Å². The van der Waals surface area contributed by atoms with Gasteiger partial charge in [-0.05, 0) is 37.6 Å². The highest BCUT2D eigenvalue weighted by Gasteiger charge is 2.13. The topological polar surface area (TPSA) is 54.0 Å². The SMILES string of the molecule is CCNc1cc(C(=O)Nc2ccc(C)cc2Cl)c(Cl)cn1. The van der Waals surface area contributed by atoms with Gasteiger partial charge in [-0.2, -0.15) is 0 Å². The largest absolute Gasteiger partial charge is 0.370 e. The maximum absolute atomic E-state index is 12.3. The first kappa shape index (κ1) is 15.6. The molecule has 0 aliphatic carbocycles. The minimum atomic E-state index is -0.327. The number of aromatic nitrogens is 1. The van der Waals surface area contributed by atoms with Gasteiger partial charge in [-0.1, -0.05) is 29.3 Å². The van der Waals surface area contributed by atoms with Crippen LogP contribution in [0, 0.1) is 6.92 Å². The molecule has 0 atom stereocenters. The van der Waals surface area contributed by atoms with Crippen LogP contribution >= 0.6 is 23.2 Å². The Morgan fingerprint density at radius 3 is 2.67 bits per heavy atom. The molecule has 1 aromatic carbocycles. The van der Waals surface area contributed by atoms with E-state index in [0.717, 1.165) is 5.56 Å². The monoisotopic (exact) mass is 323 g/mol. The van der Waals surface area contributed by atoms with Crippen LogP contribution in [0.3, 0.4) is 0 Å². The number of aryl methyl sites for hydroxylation is 1. The van der Waals surface area contributed by atoms with E-state index in [1.54, 1.807) is 18.2 Å². The van der Waals surface area contributed by atoms with Gasteiger partial charge in [0.05, 0.1) is 21.3 Å². The number of carbonyl (C=O) groups is 1. The molecule has 0 saturated heterocycles. The normalized spacial score (nSPS) is 10.3. The molecule has 1 aromatic heterocycles. The number of nitrogens with one attached hydrogen (secondary N) is 2. The minimum absolute atomic E-state index is 0.289. The first-order valence-electron chi connectivity index (χ1n) is 6.48. The summed E-state index contributed by atoms with van der Waals surface area (Å²) in [6, 6.07) is 7.04. The van der Waals surface area contributed by atoms with Gasteiger partial charge in [0.25, 0.3) is 5.91 Å². The van der Waals surface area contributed by atoms with Crippen molar-refractivity contribution in [2.24, 2.45) is 0 Å². The molecule has 0 spiro atoms. The van der Waals surface area contributed by atoms with E-state index >= 15 is 0 Å². The lowest BCUT2D eigenvalue weighted by molar-refractivity contribution is 0.102. The summed E-state index contributed by atoms with van der Waals surface area (Å²) in [4.78, 5) is 16.4. The Morgan fingerprint density at radius 1 is 1.24 bits per heavy atom. The molecule has 0 unspecified atom stereocenters. The predicted molar refractivity (Wildman–Crippen MR) is 87.6 cm³/mol. The summed E-state index contributed by atoms with van der Waals surface area (Å²) in [6.45, 7) is 4.58. The second kappa shape index (κ2) is 6.78. The molecule has 0 radical (unpaired) electrons. The second-order valence-corrected chi connectivity index (χ2v) is 5.33. The highest BCUT2D eigenvalue weighted by molar-refractivity contribution is 6.36. The summed E-state index contributed by atoms with van der Waals surface area (Å²) >= 11 is 12.1. The van der Waals surface area contributed by atoms with Gasteiger partial charge in [0.15, 0.2) is 0 Å². The van der Waals surface area contributed by atoms with E-state index in [1.807, 2.05) is 19.9 Å². The van der Waals surface area contributed by atoms with Crippen molar-refractivity contribution in [2.75, 3.05) is 17.2 Å². The van der Waals surface area contributed by atoms with Gasteiger partial charge in [0.1, 0.15) is 5.82 Å². The second-order valence-electron chi connectivity index (χ2n) is 4.52. The molecule has 1 amide bonds. The summed E-state index contributed by atoms with van der Waals surface area (Å²) < 4.78 is 0. The van der Waals surface area contributed by atoms with E-state index in [9.17, 15) is 4.79 Å². The van der Waals surface area contributed by atoms with Crippen molar-refractivity contribution in [3.63, 3.8) is 0 Å². The molecule has 2 rings (SSSR count). The van der Waals surface area contributed by atoms with E-state index in [2.05, 4.69) is 15.6 Å². The molecule has 0 saturated carbocycles. The smallest absolute Gasteiger partial charge is 0.257 e. The molecular formula is C15H15Cl2N3O. The van der Waals surface area contributed by atoms with Crippen LogP contribution in [0.1, 0.15) is 22.8 Å². The average Bonchev–Trinajstić information content (AvgIpc) is 2.44. The van der Waals surface area contributed by atoms with Gasteiger partial charge < -0.3 is 10.6 Å². The zero-order valence-corrected chi connectivity index (χ0v) is 13.2. The van der Waals surface area contributed by atoms with E-state index in [1.165, 1.54) is 6.20 Å². The van der Waals surface area contributed by atoms with Crippen molar-refractivity contribution < 1.29 is 4.79 Å². The number of carbonyl (C=O) groups excluding carboxylic acids is 1. The third kappa shape index (κ3) is 3.86. The third-order valence-corrected chi connectivity index (χ3v) is 3.44. The van der Waals surface area contributed by atoms with Crippen LogP contribution in [0.15, 0.2) is 30.5 Å². The minimum Gasteiger partial charge on any atom is -0.370 e. The first-order valence-corrected chi connectivity index (χ1v) is 7.23. The maximum Gasteiger partial charge on any atom is 0.257 e. The molecule has 0 bridgehead atoms. The lowest BCUT2D eigenvalue weighted by atomic mass is 10.2. The standard InChI is InChI=1S/C15H15Cl2N3O/c1-3-18-14-7-10(12(17)8-19-14)15(21)20-13-5-4-9(2)6-11(13)16/h4-8H,3H2,1-2H3,(H,18,19)(H,20,21). The van der Waals surface area contributed by atoms with Gasteiger partial charge in [-0.25, -0.2) is 4.98 Å². The number of pyridine rings is 1. The van der Waals surface area contributed by atoms with Gasteiger partial charge in [0, 0.05) is 12.7 Å². The Balaban J connectivity index is 2.25. The highest BCUT2D eigenvalue weighted by atomic mass is 35.5. The summed E-state index contributed by atoms with van der Waals surface area (Å²) in [6.07, 6.45) is 1.45. The molecule has 2 N–H and O–H groups in total. The number of halogens is 2. The maximum atomic E-state index is 12.3. The lowest BCUT2D eigenvalue weighted by Crippen LogP contribution is -2.14. The molecule has 0 fully saturated rings. The third-order valence-electron chi connectivity index (χ3n) is 2.83. The zero-order chi connectivity index (χ0) is 15.4. The van der Waals surface area contributed by atoms with Crippen LogP contribution in [-0.2, 0) is 0 Å². The van der Waals surface area contributed by atoms with Gasteiger partial charge in [-0.15, -0.1) is 0 Å². The van der Waals surface area contributed by atoms with Crippen molar-refractivity contribution in [3.05, 3.63) is 51.6 Å². The number of benzene rings is 1. The predicted octanol–water partition coefficient (Wildman–Crippen LogP) is 4.38. The molecule has 6 heteroatoms. The summed E-state index contributed by atoms with van der Waals surface area (Å²) in [5.74, 6) is 0.273. The Bertz CT molecular complexity index is 674. The fraction of sp³-hybridized carbons (Fsp3) is 0.200. The van der Waals surface area contributed by atoms with Crippen LogP contribution in [0.4, 0.5) is 11.5 Å². The Labute approximate surface area is 133 Å². The quantitative estimate of drug-likeness (QED) is 0.877. The van der Waals surface area contributed by atoms with E-state index in [0.29, 0.717) is 28.6 Å². The zero-order valence-electron chi connectivity index (χ0n) is 11.7. The molecular weight excluding hydrogens is 309 g/mol. The number of anilines is 2. The summed E-state index contributed by atoms with van der Waals surface area (Å²) in [5, 5.41) is 6.57. The van der Waals surface area contributed by atoms with Crippen LogP contribution in [0.5, 0.6) is 0 Å². The van der Waals surface area contributed by atoms with Crippen LogP contribution in [-0.4, -0.2) is 17.4 Å². The van der Waals surface area contributed by atoms with Crippen molar-refractivity contribution in [1.82, 2.24) is 4.98 Å². The number of rotatable bonds is 4. The van der Waals surface area contributed by atoms with Crippen LogP contribution in [0.2, 0.25) is 10.0 Å². The van der Waals surface area contributed by atoms with E-state index in [4.69, 9.17) is 23.2 Å². The Kier molecular flexibility index (Phi) is 5.04. The lowest BCUT2D eigenvalue weighted by Gasteiger charge is -2.10. The number of hydrogen-bond acceptors (Lipinski definition) is 3. The van der Waals surface area contributed by atoms with Crippen LogP contribution < -0.4 is 10.6 Å². The number of amides is 1. The van der Waals surface area contributed by atoms with Gasteiger partial charge in [0.2, 0.25) is 0 Å². The number of hydrogen-bond donors (Lipinski definition) is 2. The molecule has 0 aliphatic heterocycles. The van der Waals surface area contributed by atoms with Gasteiger partial charge >= 0.3 is 0 Å². The molecule has 1 heterocycles. The molecule has 110 valence electrons. The molecule has 2 aromatic rings. The van der Waals surface area contributed by atoms with Crippen molar-refractivity contribution in [3.8, 4) is 0 Å². The number of nitrogens with zero attached hydrogens (tertiary/aromatic N) is 1. The van der Waals surface area contributed by atoms with Crippen LogP contribution in [0.25, 0.3) is 0 Å². The Hall–Kier alpha value is -1.78. The summed E-state index contributed by atoms with van der Waals surface area (Å²) in [7, 11) is 0. The fourth-order valence-corrected chi connectivity index (χ4v) is 2.27. The van der Waals surface area contributed by atoms with Crippen molar-refractivity contribution in [2.45, 2.75) is 13.8 Å². The van der Waals surface area contributed by atoms with Crippen molar-refractivity contribution in [1.29, 1.82) is 0 Å². The van der Waals surface area contributed by atoms with Gasteiger partial charge in [-0.3, -0.25) is 4.79 Å². The average molecular weight is 324 g/mol. The molecule has 4 nitrogen and oxygen atoms in total. The first-order chi connectivity index (χ1) is 10.0. The van der Waals surface area contributed by atoms with E-state index < -0.39 is 0 Å². The fourth-order valence-electron chi connectivity index (χ4n) is 1.80. The Morgan fingerprint density at radius 2 is 2.00 bits per heavy atom. The van der Waals surface area contributed by atoms with E-state index in [-0.39, 0.29) is 10.9 Å². The highest BCUT2D eigenvalue weighted by Crippen LogP contribution is 2.25. The molecule has 21 heavy (non-hydrogen) atoms.